The normalized spacial score (nSPS) is 10.3. The van der Waals surface area contributed by atoms with Crippen LogP contribution < -0.4 is 11.1 Å². The summed E-state index contributed by atoms with van der Waals surface area (Å²) >= 11 is 7.49. The van der Waals surface area contributed by atoms with E-state index in [4.69, 9.17) is 17.3 Å². The molecule has 100 valence electrons. The molecule has 0 heterocycles. The molecule has 1 rings (SSSR count). The topological polar surface area (TPSA) is 55.1 Å². The van der Waals surface area contributed by atoms with Gasteiger partial charge in [0.15, 0.2) is 0 Å². The van der Waals surface area contributed by atoms with Gasteiger partial charge in [0.1, 0.15) is 0 Å². The molecular weight excluding hydrogens is 268 g/mol. The zero-order valence-electron chi connectivity index (χ0n) is 10.5. The van der Waals surface area contributed by atoms with E-state index in [1.165, 1.54) is 12.8 Å². The summed E-state index contributed by atoms with van der Waals surface area (Å²) in [5.74, 6) is 1.44. The Morgan fingerprint density at radius 3 is 2.94 bits per heavy atom. The van der Waals surface area contributed by atoms with Crippen molar-refractivity contribution in [2.75, 3.05) is 22.6 Å². The number of unbranched alkanes of at least 4 members (excludes halogenated alkanes) is 2. The highest BCUT2D eigenvalue weighted by molar-refractivity contribution is 7.99. The number of hydrogen-bond donors (Lipinski definition) is 2. The second kappa shape index (κ2) is 8.27. The predicted molar refractivity (Wildman–Crippen MR) is 81.3 cm³/mol. The summed E-state index contributed by atoms with van der Waals surface area (Å²) in [7, 11) is 0. The van der Waals surface area contributed by atoms with E-state index >= 15 is 0 Å². The van der Waals surface area contributed by atoms with Crippen molar-refractivity contribution in [1.29, 1.82) is 0 Å². The van der Waals surface area contributed by atoms with Crippen molar-refractivity contribution in [3.05, 3.63) is 23.2 Å². The lowest BCUT2D eigenvalue weighted by Crippen LogP contribution is -2.15. The molecule has 0 aliphatic heterocycles. The van der Waals surface area contributed by atoms with Crippen LogP contribution in [0.3, 0.4) is 0 Å². The van der Waals surface area contributed by atoms with Gasteiger partial charge in [-0.25, -0.2) is 0 Å². The minimum absolute atomic E-state index is 0.0366. The van der Waals surface area contributed by atoms with E-state index in [-0.39, 0.29) is 5.91 Å². The molecule has 3 N–H and O–H groups in total. The summed E-state index contributed by atoms with van der Waals surface area (Å²) in [5, 5.41) is 3.34. The number of anilines is 2. The fourth-order valence-electron chi connectivity index (χ4n) is 1.44. The lowest BCUT2D eigenvalue weighted by atomic mass is 10.2. The molecular formula is C13H19ClN2OS. The molecule has 1 aromatic carbocycles. The van der Waals surface area contributed by atoms with Crippen molar-refractivity contribution in [3.8, 4) is 0 Å². The number of carbonyl (C=O) groups is 1. The van der Waals surface area contributed by atoms with Gasteiger partial charge in [0.05, 0.1) is 17.1 Å². The van der Waals surface area contributed by atoms with Crippen LogP contribution in [-0.2, 0) is 4.79 Å². The van der Waals surface area contributed by atoms with E-state index in [1.807, 2.05) is 0 Å². The number of nitrogens with two attached hydrogens (primary N) is 1. The molecule has 0 bridgehead atoms. The second-order valence-corrected chi connectivity index (χ2v) is 5.58. The van der Waals surface area contributed by atoms with Crippen molar-refractivity contribution >= 4 is 40.6 Å². The number of thioether (sulfide) groups is 1. The van der Waals surface area contributed by atoms with Crippen LogP contribution in [0.1, 0.15) is 26.2 Å². The first-order valence-electron chi connectivity index (χ1n) is 6.06. The van der Waals surface area contributed by atoms with Crippen LogP contribution in [0.4, 0.5) is 11.4 Å². The molecule has 0 aliphatic rings. The van der Waals surface area contributed by atoms with Gasteiger partial charge in [-0.3, -0.25) is 4.79 Å². The summed E-state index contributed by atoms with van der Waals surface area (Å²) in [6, 6.07) is 5.05. The molecule has 18 heavy (non-hydrogen) atoms. The summed E-state index contributed by atoms with van der Waals surface area (Å²) in [6.07, 6.45) is 3.58. The summed E-state index contributed by atoms with van der Waals surface area (Å²) in [5.41, 5.74) is 6.87. The van der Waals surface area contributed by atoms with Crippen molar-refractivity contribution in [1.82, 2.24) is 0 Å². The first-order valence-corrected chi connectivity index (χ1v) is 7.59. The van der Waals surface area contributed by atoms with E-state index in [0.29, 0.717) is 22.2 Å². The third-order valence-electron chi connectivity index (χ3n) is 2.41. The van der Waals surface area contributed by atoms with E-state index in [0.717, 1.165) is 12.2 Å². The number of nitrogen functional groups attached to an aromatic ring is 1. The minimum Gasteiger partial charge on any atom is -0.397 e. The Bertz CT molecular complexity index is 399. The molecule has 0 unspecified atom stereocenters. The third-order valence-corrected chi connectivity index (χ3v) is 3.69. The molecule has 0 fully saturated rings. The highest BCUT2D eigenvalue weighted by Gasteiger charge is 2.05. The maximum atomic E-state index is 11.7. The Morgan fingerprint density at radius 2 is 2.22 bits per heavy atom. The van der Waals surface area contributed by atoms with Crippen LogP contribution in [0.15, 0.2) is 18.2 Å². The van der Waals surface area contributed by atoms with Crippen LogP contribution in [0, 0.1) is 0 Å². The van der Waals surface area contributed by atoms with Crippen LogP contribution in [-0.4, -0.2) is 17.4 Å². The number of halogens is 1. The Hall–Kier alpha value is -0.870. The van der Waals surface area contributed by atoms with E-state index < -0.39 is 0 Å². The van der Waals surface area contributed by atoms with Gasteiger partial charge in [-0.15, -0.1) is 0 Å². The maximum Gasteiger partial charge on any atom is 0.234 e. The SMILES string of the molecule is CCCCCSCC(=O)Nc1cc(Cl)ccc1N. The van der Waals surface area contributed by atoms with Gasteiger partial charge < -0.3 is 11.1 Å². The van der Waals surface area contributed by atoms with Gasteiger partial charge in [0, 0.05) is 5.02 Å². The van der Waals surface area contributed by atoms with Gasteiger partial charge in [-0.1, -0.05) is 31.4 Å². The average molecular weight is 287 g/mol. The fraction of sp³-hybridized carbons (Fsp3) is 0.462. The Labute approximate surface area is 117 Å². The first kappa shape index (κ1) is 15.2. The molecule has 5 heteroatoms. The molecule has 1 amide bonds. The molecule has 0 saturated heterocycles. The molecule has 0 aromatic heterocycles. The van der Waals surface area contributed by atoms with Crippen LogP contribution in [0.2, 0.25) is 5.02 Å². The average Bonchev–Trinajstić information content (AvgIpc) is 2.33. The highest BCUT2D eigenvalue weighted by atomic mass is 35.5. The fourth-order valence-corrected chi connectivity index (χ4v) is 2.42. The number of benzene rings is 1. The van der Waals surface area contributed by atoms with E-state index in [1.54, 1.807) is 30.0 Å². The number of carbonyl (C=O) groups excluding carboxylic acids is 1. The largest absolute Gasteiger partial charge is 0.397 e. The molecule has 0 aliphatic carbocycles. The molecule has 0 radical (unpaired) electrons. The smallest absolute Gasteiger partial charge is 0.234 e. The van der Waals surface area contributed by atoms with Crippen molar-refractivity contribution in [3.63, 3.8) is 0 Å². The van der Waals surface area contributed by atoms with Crippen molar-refractivity contribution < 1.29 is 4.79 Å². The molecule has 0 saturated carbocycles. The van der Waals surface area contributed by atoms with Gasteiger partial charge >= 0.3 is 0 Å². The van der Waals surface area contributed by atoms with Gasteiger partial charge in [0.25, 0.3) is 0 Å². The number of rotatable bonds is 7. The lowest BCUT2D eigenvalue weighted by molar-refractivity contribution is -0.113. The van der Waals surface area contributed by atoms with Gasteiger partial charge in [0.2, 0.25) is 5.91 Å². The lowest BCUT2D eigenvalue weighted by Gasteiger charge is -2.08. The first-order chi connectivity index (χ1) is 8.63. The quantitative estimate of drug-likeness (QED) is 0.592. The Balaban J connectivity index is 2.33. The molecule has 0 atom stereocenters. The van der Waals surface area contributed by atoms with Crippen molar-refractivity contribution in [2.45, 2.75) is 26.2 Å². The Morgan fingerprint density at radius 1 is 1.44 bits per heavy atom. The van der Waals surface area contributed by atoms with Crippen LogP contribution >= 0.6 is 23.4 Å². The number of hydrogen-bond acceptors (Lipinski definition) is 3. The number of nitrogens with one attached hydrogen (secondary N) is 1. The van der Waals surface area contributed by atoms with E-state index in [9.17, 15) is 4.79 Å². The molecule has 0 spiro atoms. The number of amides is 1. The van der Waals surface area contributed by atoms with Gasteiger partial charge in [-0.05, 0) is 30.4 Å². The Kier molecular flexibility index (Phi) is 6.98. The van der Waals surface area contributed by atoms with Gasteiger partial charge in [-0.2, -0.15) is 11.8 Å². The third kappa shape index (κ3) is 5.65. The van der Waals surface area contributed by atoms with E-state index in [2.05, 4.69) is 12.2 Å². The second-order valence-electron chi connectivity index (χ2n) is 4.04. The van der Waals surface area contributed by atoms with Crippen LogP contribution in [0.25, 0.3) is 0 Å². The summed E-state index contributed by atoms with van der Waals surface area (Å²) in [6.45, 7) is 2.17. The predicted octanol–water partition coefficient (Wildman–Crippen LogP) is 3.78. The van der Waals surface area contributed by atoms with Crippen LogP contribution in [0.5, 0.6) is 0 Å². The van der Waals surface area contributed by atoms with Crippen molar-refractivity contribution in [2.24, 2.45) is 0 Å². The maximum absolute atomic E-state index is 11.7. The molecule has 3 nitrogen and oxygen atoms in total. The highest BCUT2D eigenvalue weighted by Crippen LogP contribution is 2.23. The zero-order chi connectivity index (χ0) is 13.4. The standard InChI is InChI=1S/C13H19ClN2OS/c1-2-3-4-7-18-9-13(17)16-12-8-10(14)5-6-11(12)15/h5-6,8H,2-4,7,9,15H2,1H3,(H,16,17). The zero-order valence-corrected chi connectivity index (χ0v) is 12.1. The summed E-state index contributed by atoms with van der Waals surface area (Å²) in [4.78, 5) is 11.7. The molecule has 1 aromatic rings. The minimum atomic E-state index is -0.0366. The summed E-state index contributed by atoms with van der Waals surface area (Å²) < 4.78 is 0. The monoisotopic (exact) mass is 286 g/mol.